The molecule has 2 unspecified atom stereocenters. The maximum Gasteiger partial charge on any atom is 0.253 e. The third-order valence-electron chi connectivity index (χ3n) is 4.84. The summed E-state index contributed by atoms with van der Waals surface area (Å²) in [6.45, 7) is 4.57. The molecule has 24 heavy (non-hydrogen) atoms. The number of nitrogens with zero attached hydrogens (tertiary/aromatic N) is 1. The summed E-state index contributed by atoms with van der Waals surface area (Å²) >= 11 is 0. The molecule has 0 aliphatic carbocycles. The van der Waals surface area contributed by atoms with Gasteiger partial charge in [0.2, 0.25) is 0 Å². The van der Waals surface area contributed by atoms with E-state index in [4.69, 9.17) is 0 Å². The first-order chi connectivity index (χ1) is 11.7. The first-order valence-electron chi connectivity index (χ1n) is 8.49. The van der Waals surface area contributed by atoms with Crippen LogP contribution in [0.15, 0.2) is 42.6 Å². The molecule has 1 fully saturated rings. The summed E-state index contributed by atoms with van der Waals surface area (Å²) in [5, 5.41) is 12.8. The summed E-state index contributed by atoms with van der Waals surface area (Å²) in [6.07, 6.45) is 2.66. The van der Waals surface area contributed by atoms with Crippen molar-refractivity contribution in [3.8, 4) is 0 Å². The minimum absolute atomic E-state index is 0.0331. The van der Waals surface area contributed by atoms with E-state index in [-0.39, 0.29) is 24.5 Å². The highest BCUT2D eigenvalue weighted by Gasteiger charge is 2.30. The van der Waals surface area contributed by atoms with Gasteiger partial charge in [-0.15, -0.1) is 0 Å². The molecule has 5 heteroatoms. The van der Waals surface area contributed by atoms with E-state index in [0.717, 1.165) is 31.7 Å². The van der Waals surface area contributed by atoms with Crippen molar-refractivity contribution in [3.63, 3.8) is 0 Å². The fraction of sp³-hybridized carbons (Fsp3) is 0.421. The van der Waals surface area contributed by atoms with Gasteiger partial charge in [0.05, 0.1) is 5.56 Å². The van der Waals surface area contributed by atoms with Gasteiger partial charge in [0, 0.05) is 43.5 Å². The zero-order valence-electron chi connectivity index (χ0n) is 14.0. The zero-order valence-corrected chi connectivity index (χ0v) is 14.0. The van der Waals surface area contributed by atoms with E-state index in [1.165, 1.54) is 5.56 Å². The summed E-state index contributed by atoms with van der Waals surface area (Å²) in [7, 11) is 0. The van der Waals surface area contributed by atoms with Gasteiger partial charge >= 0.3 is 0 Å². The Labute approximate surface area is 142 Å². The molecule has 128 valence electrons. The minimum Gasteiger partial charge on any atom is -0.396 e. The first kappa shape index (κ1) is 16.7. The van der Waals surface area contributed by atoms with E-state index >= 15 is 0 Å². The number of likely N-dealkylation sites (tertiary alicyclic amines) is 1. The van der Waals surface area contributed by atoms with Crippen LogP contribution >= 0.6 is 0 Å². The number of piperidine rings is 1. The Balaban J connectivity index is 1.65. The Morgan fingerprint density at radius 1 is 1.33 bits per heavy atom. The number of hydrogen-bond donors (Lipinski definition) is 3. The zero-order chi connectivity index (χ0) is 16.9. The van der Waals surface area contributed by atoms with Gasteiger partial charge in [-0.1, -0.05) is 30.3 Å². The monoisotopic (exact) mass is 327 g/mol. The number of aliphatic hydroxyl groups excluding tert-OH is 1. The Hall–Kier alpha value is -2.11. The summed E-state index contributed by atoms with van der Waals surface area (Å²) in [5.41, 5.74) is 2.81. The number of H-pyrrole nitrogens is 1. The smallest absolute Gasteiger partial charge is 0.253 e. The molecule has 1 aliphatic rings. The predicted octanol–water partition coefficient (Wildman–Crippen LogP) is 1.94. The predicted molar refractivity (Wildman–Crippen MR) is 93.7 cm³/mol. The van der Waals surface area contributed by atoms with Crippen molar-refractivity contribution in [1.82, 2.24) is 15.2 Å². The van der Waals surface area contributed by atoms with Gasteiger partial charge in [0.25, 0.3) is 5.91 Å². The van der Waals surface area contributed by atoms with E-state index in [9.17, 15) is 9.90 Å². The van der Waals surface area contributed by atoms with Gasteiger partial charge in [-0.3, -0.25) is 9.69 Å². The van der Waals surface area contributed by atoms with Crippen LogP contribution in [-0.2, 0) is 6.54 Å². The van der Waals surface area contributed by atoms with Crippen molar-refractivity contribution in [2.24, 2.45) is 5.92 Å². The topological polar surface area (TPSA) is 68.4 Å². The second-order valence-electron chi connectivity index (χ2n) is 6.55. The van der Waals surface area contributed by atoms with Crippen molar-refractivity contribution >= 4 is 5.91 Å². The molecule has 1 saturated heterocycles. The summed E-state index contributed by atoms with van der Waals surface area (Å²) < 4.78 is 0. The van der Waals surface area contributed by atoms with E-state index in [1.807, 2.05) is 25.1 Å². The van der Waals surface area contributed by atoms with Crippen molar-refractivity contribution in [3.05, 3.63) is 59.4 Å². The number of aromatic nitrogens is 1. The summed E-state index contributed by atoms with van der Waals surface area (Å²) in [6, 6.07) is 12.1. The lowest BCUT2D eigenvalue weighted by Crippen LogP contribution is -2.53. The Kier molecular flexibility index (Phi) is 5.33. The van der Waals surface area contributed by atoms with Gasteiger partial charge in [-0.2, -0.15) is 0 Å². The molecule has 1 aromatic carbocycles. The van der Waals surface area contributed by atoms with Crippen LogP contribution < -0.4 is 5.32 Å². The van der Waals surface area contributed by atoms with Crippen LogP contribution in [0.3, 0.4) is 0 Å². The number of aliphatic hydroxyl groups is 1. The number of carbonyl (C=O) groups excluding carboxylic acids is 1. The van der Waals surface area contributed by atoms with Crippen molar-refractivity contribution in [2.75, 3.05) is 19.7 Å². The molecule has 3 rings (SSSR count). The van der Waals surface area contributed by atoms with Crippen LogP contribution in [-0.4, -0.2) is 46.6 Å². The highest BCUT2D eigenvalue weighted by molar-refractivity contribution is 5.95. The van der Waals surface area contributed by atoms with Gasteiger partial charge in [-0.05, 0) is 31.5 Å². The number of hydrogen-bond acceptors (Lipinski definition) is 3. The van der Waals surface area contributed by atoms with Crippen LogP contribution in [0.4, 0.5) is 0 Å². The molecule has 1 aromatic heterocycles. The molecular formula is C19H25N3O2. The van der Waals surface area contributed by atoms with Gasteiger partial charge in [0.15, 0.2) is 0 Å². The SMILES string of the molecule is Cc1[nH]ccc1C(=O)NC1CN(Cc2ccccc2)CCC1CO. The molecule has 3 N–H and O–H groups in total. The molecule has 2 aromatic rings. The standard InChI is InChI=1S/C19H25N3O2/c1-14-17(7-9-20-14)19(24)21-18-12-22(10-8-16(18)13-23)11-15-5-3-2-4-6-15/h2-7,9,16,18,20,23H,8,10-13H2,1H3,(H,21,24). The highest BCUT2D eigenvalue weighted by atomic mass is 16.3. The van der Waals surface area contributed by atoms with Crippen LogP contribution in [0.1, 0.15) is 28.0 Å². The van der Waals surface area contributed by atoms with Crippen molar-refractivity contribution in [1.29, 1.82) is 0 Å². The minimum atomic E-state index is -0.0706. The highest BCUT2D eigenvalue weighted by Crippen LogP contribution is 2.20. The molecule has 1 aliphatic heterocycles. The van der Waals surface area contributed by atoms with E-state index in [2.05, 4.69) is 27.3 Å². The maximum atomic E-state index is 12.5. The Morgan fingerprint density at radius 3 is 2.79 bits per heavy atom. The average Bonchev–Trinajstić information content (AvgIpc) is 3.02. The molecule has 1 amide bonds. The lowest BCUT2D eigenvalue weighted by Gasteiger charge is -2.38. The number of rotatable bonds is 5. The first-order valence-corrected chi connectivity index (χ1v) is 8.49. The molecule has 2 heterocycles. The Morgan fingerprint density at radius 2 is 2.12 bits per heavy atom. The Bertz CT molecular complexity index is 668. The molecule has 0 saturated carbocycles. The molecule has 0 radical (unpaired) electrons. The molecular weight excluding hydrogens is 302 g/mol. The number of carbonyl (C=O) groups is 1. The third kappa shape index (κ3) is 3.86. The second kappa shape index (κ2) is 7.64. The van der Waals surface area contributed by atoms with E-state index in [1.54, 1.807) is 12.3 Å². The van der Waals surface area contributed by atoms with Crippen LogP contribution in [0.5, 0.6) is 0 Å². The second-order valence-corrected chi connectivity index (χ2v) is 6.55. The average molecular weight is 327 g/mol. The normalized spacial score (nSPS) is 21.6. The number of amides is 1. The van der Waals surface area contributed by atoms with Gasteiger partial charge in [-0.25, -0.2) is 0 Å². The van der Waals surface area contributed by atoms with E-state index in [0.29, 0.717) is 5.56 Å². The largest absolute Gasteiger partial charge is 0.396 e. The van der Waals surface area contributed by atoms with Crippen LogP contribution in [0.25, 0.3) is 0 Å². The quantitative estimate of drug-likeness (QED) is 0.786. The number of benzene rings is 1. The lowest BCUT2D eigenvalue weighted by atomic mass is 9.91. The third-order valence-corrected chi connectivity index (χ3v) is 4.84. The van der Waals surface area contributed by atoms with Crippen LogP contribution in [0.2, 0.25) is 0 Å². The fourth-order valence-corrected chi connectivity index (χ4v) is 3.38. The van der Waals surface area contributed by atoms with Gasteiger partial charge < -0.3 is 15.4 Å². The van der Waals surface area contributed by atoms with E-state index < -0.39 is 0 Å². The summed E-state index contributed by atoms with van der Waals surface area (Å²) in [5.74, 6) is 0.0407. The number of nitrogens with one attached hydrogen (secondary N) is 2. The number of aryl methyl sites for hydroxylation is 1. The molecule has 2 atom stereocenters. The lowest BCUT2D eigenvalue weighted by molar-refractivity contribution is 0.0730. The number of aromatic amines is 1. The van der Waals surface area contributed by atoms with Crippen LogP contribution in [0, 0.1) is 12.8 Å². The molecule has 0 spiro atoms. The fourth-order valence-electron chi connectivity index (χ4n) is 3.38. The van der Waals surface area contributed by atoms with Crippen molar-refractivity contribution < 1.29 is 9.90 Å². The maximum absolute atomic E-state index is 12.5. The van der Waals surface area contributed by atoms with Crippen molar-refractivity contribution in [2.45, 2.75) is 25.9 Å². The summed E-state index contributed by atoms with van der Waals surface area (Å²) in [4.78, 5) is 17.9. The molecule has 0 bridgehead atoms. The van der Waals surface area contributed by atoms with Gasteiger partial charge in [0.1, 0.15) is 0 Å². The molecule has 5 nitrogen and oxygen atoms in total.